The third-order valence-electron chi connectivity index (χ3n) is 4.66. The lowest BCUT2D eigenvalue weighted by atomic mass is 9.83. The van der Waals surface area contributed by atoms with E-state index in [1.807, 2.05) is 4.90 Å². The number of nitrogens with one attached hydrogen (secondary N) is 1. The fourth-order valence-electron chi connectivity index (χ4n) is 3.41. The Kier molecular flexibility index (Phi) is 5.86. The zero-order valence-electron chi connectivity index (χ0n) is 12.7. The number of carbonyl (C=O) groups is 2. The van der Waals surface area contributed by atoms with Crippen LogP contribution in [0.3, 0.4) is 0 Å². The number of hydrogen-bond acceptors (Lipinski definition) is 2. The summed E-state index contributed by atoms with van der Waals surface area (Å²) in [5.41, 5.74) is 0. The molecule has 1 N–H and O–H groups in total. The minimum Gasteiger partial charge on any atom is -0.344 e. The van der Waals surface area contributed by atoms with Crippen LogP contribution in [0.4, 0.5) is 0 Å². The van der Waals surface area contributed by atoms with Gasteiger partial charge in [0.25, 0.3) is 0 Å². The molecule has 0 aromatic heterocycles. The second kappa shape index (κ2) is 7.65. The van der Waals surface area contributed by atoms with Crippen molar-refractivity contribution in [3.63, 3.8) is 0 Å². The summed E-state index contributed by atoms with van der Waals surface area (Å²) < 4.78 is 0. The molecule has 0 aromatic carbocycles. The summed E-state index contributed by atoms with van der Waals surface area (Å²) in [5.74, 6) is 0.567. The van der Waals surface area contributed by atoms with Gasteiger partial charge in [-0.15, -0.1) is 0 Å². The maximum Gasteiger partial charge on any atom is 0.245 e. The zero-order valence-corrected chi connectivity index (χ0v) is 12.7. The summed E-state index contributed by atoms with van der Waals surface area (Å²) in [6.07, 6.45) is 9.64. The number of rotatable bonds is 5. The molecule has 114 valence electrons. The van der Waals surface area contributed by atoms with Gasteiger partial charge in [0.1, 0.15) is 6.04 Å². The van der Waals surface area contributed by atoms with Gasteiger partial charge < -0.3 is 10.2 Å². The Morgan fingerprint density at radius 1 is 1.15 bits per heavy atom. The molecule has 1 saturated carbocycles. The molecule has 4 nitrogen and oxygen atoms in total. The van der Waals surface area contributed by atoms with Crippen LogP contribution >= 0.6 is 0 Å². The van der Waals surface area contributed by atoms with E-state index < -0.39 is 0 Å². The first kappa shape index (κ1) is 15.3. The van der Waals surface area contributed by atoms with Crippen LogP contribution in [-0.4, -0.2) is 35.8 Å². The number of unbranched alkanes of at least 4 members (excludes halogenated alkanes) is 2. The average molecular weight is 280 g/mol. The van der Waals surface area contributed by atoms with E-state index in [1.54, 1.807) is 0 Å². The van der Waals surface area contributed by atoms with E-state index in [-0.39, 0.29) is 17.9 Å². The third-order valence-corrected chi connectivity index (χ3v) is 4.66. The molecule has 0 bridgehead atoms. The molecule has 2 fully saturated rings. The Morgan fingerprint density at radius 2 is 1.90 bits per heavy atom. The van der Waals surface area contributed by atoms with Crippen LogP contribution in [0.5, 0.6) is 0 Å². The van der Waals surface area contributed by atoms with Gasteiger partial charge in [0, 0.05) is 19.5 Å². The van der Waals surface area contributed by atoms with Crippen molar-refractivity contribution in [1.82, 2.24) is 10.2 Å². The molecule has 2 aliphatic rings. The lowest BCUT2D eigenvalue weighted by molar-refractivity contribution is -0.135. The van der Waals surface area contributed by atoms with Crippen molar-refractivity contribution >= 4 is 11.8 Å². The highest BCUT2D eigenvalue weighted by Gasteiger charge is 2.35. The second-order valence-corrected chi connectivity index (χ2v) is 6.23. The van der Waals surface area contributed by atoms with Crippen LogP contribution in [-0.2, 0) is 9.59 Å². The fraction of sp³-hybridized carbons (Fsp3) is 0.875. The maximum atomic E-state index is 12.7. The van der Waals surface area contributed by atoms with Crippen LogP contribution < -0.4 is 5.32 Å². The van der Waals surface area contributed by atoms with Crippen molar-refractivity contribution in [3.8, 4) is 0 Å². The predicted molar refractivity (Wildman–Crippen MR) is 79.2 cm³/mol. The van der Waals surface area contributed by atoms with Crippen LogP contribution in [0.2, 0.25) is 0 Å². The molecule has 1 aliphatic heterocycles. The van der Waals surface area contributed by atoms with Gasteiger partial charge in [-0.05, 0) is 25.2 Å². The summed E-state index contributed by atoms with van der Waals surface area (Å²) in [7, 11) is 0. The van der Waals surface area contributed by atoms with E-state index in [9.17, 15) is 9.59 Å². The van der Waals surface area contributed by atoms with Crippen LogP contribution in [0, 0.1) is 5.92 Å². The number of hydrogen-bond donors (Lipinski definition) is 1. The Balaban J connectivity index is 2.00. The molecule has 0 spiro atoms. The van der Waals surface area contributed by atoms with Gasteiger partial charge in [0.15, 0.2) is 0 Å². The van der Waals surface area contributed by atoms with Crippen molar-refractivity contribution < 1.29 is 9.59 Å². The Morgan fingerprint density at radius 3 is 2.60 bits per heavy atom. The largest absolute Gasteiger partial charge is 0.344 e. The van der Waals surface area contributed by atoms with Crippen LogP contribution in [0.25, 0.3) is 0 Å². The fourth-order valence-corrected chi connectivity index (χ4v) is 3.41. The first-order valence-electron chi connectivity index (χ1n) is 8.30. The van der Waals surface area contributed by atoms with Gasteiger partial charge in [-0.2, -0.15) is 0 Å². The quantitative estimate of drug-likeness (QED) is 0.787. The van der Waals surface area contributed by atoms with E-state index in [4.69, 9.17) is 0 Å². The van der Waals surface area contributed by atoms with E-state index in [2.05, 4.69) is 12.2 Å². The van der Waals surface area contributed by atoms with E-state index in [1.165, 1.54) is 19.3 Å². The van der Waals surface area contributed by atoms with E-state index >= 15 is 0 Å². The van der Waals surface area contributed by atoms with Crippen molar-refractivity contribution in [2.24, 2.45) is 5.92 Å². The minimum atomic E-state index is -0.257. The Hall–Kier alpha value is -1.06. The highest BCUT2D eigenvalue weighted by atomic mass is 16.2. The van der Waals surface area contributed by atoms with Crippen LogP contribution in [0.15, 0.2) is 0 Å². The lowest BCUT2D eigenvalue weighted by Gasteiger charge is -2.31. The summed E-state index contributed by atoms with van der Waals surface area (Å²) in [6, 6.07) is -0.257. The molecule has 1 aliphatic carbocycles. The smallest absolute Gasteiger partial charge is 0.245 e. The normalized spacial score (nSPS) is 25.4. The molecule has 4 heteroatoms. The lowest BCUT2D eigenvalue weighted by Crippen LogP contribution is -2.49. The zero-order chi connectivity index (χ0) is 14.4. The number of amides is 2. The highest BCUT2D eigenvalue weighted by molar-refractivity contribution is 5.90. The molecule has 1 unspecified atom stereocenters. The molecule has 1 heterocycles. The molecule has 1 saturated heterocycles. The Labute approximate surface area is 122 Å². The van der Waals surface area contributed by atoms with Crippen molar-refractivity contribution in [2.45, 2.75) is 70.8 Å². The molecule has 2 amide bonds. The van der Waals surface area contributed by atoms with Gasteiger partial charge in [-0.3, -0.25) is 9.59 Å². The summed E-state index contributed by atoms with van der Waals surface area (Å²) in [4.78, 5) is 26.5. The maximum absolute atomic E-state index is 12.7. The topological polar surface area (TPSA) is 49.4 Å². The summed E-state index contributed by atoms with van der Waals surface area (Å²) in [5, 5.41) is 2.99. The molecule has 1 atom stereocenters. The summed E-state index contributed by atoms with van der Waals surface area (Å²) in [6.45, 7) is 3.57. The van der Waals surface area contributed by atoms with E-state index in [0.717, 1.165) is 38.6 Å². The predicted octanol–water partition coefficient (Wildman–Crippen LogP) is 2.47. The first-order valence-corrected chi connectivity index (χ1v) is 8.30. The van der Waals surface area contributed by atoms with Gasteiger partial charge in [0.2, 0.25) is 11.8 Å². The van der Waals surface area contributed by atoms with Gasteiger partial charge >= 0.3 is 0 Å². The molecule has 0 radical (unpaired) electrons. The molecular formula is C16H28N2O2. The molecule has 20 heavy (non-hydrogen) atoms. The van der Waals surface area contributed by atoms with Gasteiger partial charge in [-0.25, -0.2) is 0 Å². The highest BCUT2D eigenvalue weighted by Crippen LogP contribution is 2.28. The monoisotopic (exact) mass is 280 g/mol. The van der Waals surface area contributed by atoms with E-state index in [0.29, 0.717) is 18.9 Å². The standard InChI is InChI=1S/C16H28N2O2/c1-2-3-7-11-18-12-10-14(19)17-15(16(18)20)13-8-5-4-6-9-13/h13,15H,2-12H2,1H3,(H,17,19). The molecule has 0 aromatic rings. The first-order chi connectivity index (χ1) is 9.72. The van der Waals surface area contributed by atoms with Gasteiger partial charge in [0.05, 0.1) is 0 Å². The second-order valence-electron chi connectivity index (χ2n) is 6.23. The number of nitrogens with zero attached hydrogens (tertiary/aromatic N) is 1. The molecular weight excluding hydrogens is 252 g/mol. The number of carbonyl (C=O) groups excluding carboxylic acids is 2. The van der Waals surface area contributed by atoms with Gasteiger partial charge in [-0.1, -0.05) is 39.0 Å². The molecule has 2 rings (SSSR count). The minimum absolute atomic E-state index is 0.0481. The van der Waals surface area contributed by atoms with Crippen LogP contribution in [0.1, 0.15) is 64.7 Å². The van der Waals surface area contributed by atoms with Crippen molar-refractivity contribution in [3.05, 3.63) is 0 Å². The average Bonchev–Trinajstić information content (AvgIpc) is 2.61. The van der Waals surface area contributed by atoms with Crippen molar-refractivity contribution in [2.75, 3.05) is 13.1 Å². The summed E-state index contributed by atoms with van der Waals surface area (Å²) >= 11 is 0. The SMILES string of the molecule is CCCCCN1CCC(=O)NC(C2CCCCC2)C1=O. The van der Waals surface area contributed by atoms with Crippen molar-refractivity contribution in [1.29, 1.82) is 0 Å². The Bertz CT molecular complexity index is 337. The third kappa shape index (κ3) is 3.97.